The Morgan fingerprint density at radius 3 is 2.26 bits per heavy atom. The van der Waals surface area contributed by atoms with Crippen LogP contribution in [-0.4, -0.2) is 54.7 Å². The lowest BCUT2D eigenvalue weighted by molar-refractivity contribution is -0.129. The smallest absolute Gasteiger partial charge is 0.274 e. The van der Waals surface area contributed by atoms with Crippen LogP contribution in [0, 0.1) is 5.92 Å². The van der Waals surface area contributed by atoms with E-state index in [1.54, 1.807) is 37.4 Å². The molecule has 6 heterocycles. The second-order valence-corrected chi connectivity index (χ2v) is 13.2. The Hall–Kier alpha value is -5.74. The van der Waals surface area contributed by atoms with E-state index >= 15 is 0 Å². The third-order valence-electron chi connectivity index (χ3n) is 8.08. The van der Waals surface area contributed by atoms with E-state index in [0.29, 0.717) is 44.8 Å². The number of carbonyl (C=O) groups is 3. The molecule has 1 aliphatic rings. The predicted molar refractivity (Wildman–Crippen MR) is 185 cm³/mol. The quantitative estimate of drug-likeness (QED) is 0.194. The number of carbonyl (C=O) groups excluding carboxylic acids is 3. The lowest BCUT2D eigenvalue weighted by Crippen LogP contribution is -2.54. The molecule has 7 rings (SSSR count). The molecule has 0 unspecified atom stereocenters. The monoisotopic (exact) mass is 710 g/mol. The highest BCUT2D eigenvalue weighted by molar-refractivity contribution is 7.15. The van der Waals surface area contributed by atoms with Crippen LogP contribution in [0.3, 0.4) is 0 Å². The lowest BCUT2D eigenvalue weighted by atomic mass is 9.97. The average Bonchev–Trinajstić information content (AvgIpc) is 3.97. The minimum Gasteiger partial charge on any atom is -0.443 e. The summed E-state index contributed by atoms with van der Waals surface area (Å²) in [7, 11) is 0. The van der Waals surface area contributed by atoms with E-state index in [4.69, 9.17) is 23.2 Å². The molecule has 1 aliphatic heterocycles. The number of allylic oxidation sites excluding steroid dienone is 1. The van der Waals surface area contributed by atoms with Crippen molar-refractivity contribution in [2.45, 2.75) is 46.2 Å². The topological polar surface area (TPSA) is 191 Å². The zero-order valence-corrected chi connectivity index (χ0v) is 28.8. The molecule has 0 spiro atoms. The highest BCUT2D eigenvalue weighted by Gasteiger charge is 2.32. The molecular weight excluding hydrogens is 681 g/mol. The van der Waals surface area contributed by atoms with Crippen LogP contribution in [0.4, 0.5) is 0 Å². The van der Waals surface area contributed by atoms with Gasteiger partial charge in [-0.1, -0.05) is 56.7 Å². The van der Waals surface area contributed by atoms with Crippen molar-refractivity contribution in [3.05, 3.63) is 71.3 Å². The summed E-state index contributed by atoms with van der Waals surface area (Å²) in [4.78, 5) is 63.9. The first-order valence-corrected chi connectivity index (χ1v) is 17.5. The van der Waals surface area contributed by atoms with Gasteiger partial charge in [0.2, 0.25) is 29.5 Å². The summed E-state index contributed by atoms with van der Waals surface area (Å²) < 4.78 is 17.5. The summed E-state index contributed by atoms with van der Waals surface area (Å²) in [6.07, 6.45) is 5.03. The molecule has 14 nitrogen and oxygen atoms in total. The van der Waals surface area contributed by atoms with Gasteiger partial charge in [0.1, 0.15) is 51.7 Å². The fraction of sp³-hybridized carbons (Fsp3) is 0.235. The molecule has 16 heteroatoms. The highest BCUT2D eigenvalue weighted by Crippen LogP contribution is 2.35. The molecule has 0 radical (unpaired) electrons. The average molecular weight is 711 g/mol. The number of hydrogen-bond donors (Lipinski definition) is 3. The maximum Gasteiger partial charge on any atom is 0.274 e. The molecule has 0 saturated carbocycles. The normalized spacial score (nSPS) is 18.2. The Morgan fingerprint density at radius 1 is 0.820 bits per heavy atom. The van der Waals surface area contributed by atoms with E-state index in [9.17, 15) is 14.4 Å². The van der Waals surface area contributed by atoms with Gasteiger partial charge in [0.25, 0.3) is 5.91 Å². The van der Waals surface area contributed by atoms with Crippen LogP contribution in [0.2, 0.25) is 0 Å². The number of benzene rings is 1. The van der Waals surface area contributed by atoms with Crippen LogP contribution < -0.4 is 16.0 Å². The number of aromatic nitrogens is 5. The third kappa shape index (κ3) is 6.37. The largest absolute Gasteiger partial charge is 0.443 e. The van der Waals surface area contributed by atoms with Crippen molar-refractivity contribution in [2.75, 3.05) is 0 Å². The number of nitrogens with zero attached hydrogens (tertiary/aromatic N) is 5. The summed E-state index contributed by atoms with van der Waals surface area (Å²) in [5.41, 5.74) is 2.70. The number of hydrogen-bond acceptors (Lipinski definition) is 13. The van der Waals surface area contributed by atoms with Crippen molar-refractivity contribution in [3.63, 3.8) is 0 Å². The minimum absolute atomic E-state index is 0.0112. The van der Waals surface area contributed by atoms with Crippen molar-refractivity contribution in [3.8, 4) is 55.9 Å². The Bertz CT molecular complexity index is 2230. The number of rotatable bonds is 3. The lowest BCUT2D eigenvalue weighted by Gasteiger charge is -2.25. The van der Waals surface area contributed by atoms with E-state index in [2.05, 4.69) is 30.9 Å². The van der Waals surface area contributed by atoms with E-state index in [1.807, 2.05) is 37.4 Å². The van der Waals surface area contributed by atoms with Gasteiger partial charge in [-0.25, -0.2) is 24.9 Å². The summed E-state index contributed by atoms with van der Waals surface area (Å²) in [5.74, 6) is -1.31. The Labute approximate surface area is 293 Å². The van der Waals surface area contributed by atoms with Crippen LogP contribution in [0.15, 0.2) is 72.9 Å². The van der Waals surface area contributed by atoms with Crippen molar-refractivity contribution in [2.24, 2.45) is 5.92 Å². The molecule has 1 aromatic carbocycles. The fourth-order valence-electron chi connectivity index (χ4n) is 5.10. The molecule has 3 amide bonds. The second-order valence-electron chi connectivity index (χ2n) is 11.5. The molecule has 10 bridgehead atoms. The Kier molecular flexibility index (Phi) is 8.95. The van der Waals surface area contributed by atoms with Crippen LogP contribution in [-0.2, 0) is 9.59 Å². The van der Waals surface area contributed by atoms with Crippen LogP contribution >= 0.6 is 22.7 Å². The van der Waals surface area contributed by atoms with Crippen molar-refractivity contribution < 1.29 is 27.6 Å². The molecule has 5 aromatic heterocycles. The van der Waals surface area contributed by atoms with E-state index in [1.165, 1.54) is 35.2 Å². The van der Waals surface area contributed by atoms with Crippen LogP contribution in [0.5, 0.6) is 0 Å². The van der Waals surface area contributed by atoms with Crippen LogP contribution in [0.25, 0.3) is 61.6 Å². The van der Waals surface area contributed by atoms with Gasteiger partial charge in [0.15, 0.2) is 17.1 Å². The molecule has 0 saturated heterocycles. The van der Waals surface area contributed by atoms with E-state index in [-0.39, 0.29) is 40.7 Å². The summed E-state index contributed by atoms with van der Waals surface area (Å²) in [5, 5.41) is 13.2. The van der Waals surface area contributed by atoms with Gasteiger partial charge in [-0.05, 0) is 19.8 Å². The zero-order valence-electron chi connectivity index (χ0n) is 27.2. The van der Waals surface area contributed by atoms with Crippen molar-refractivity contribution in [1.29, 1.82) is 0 Å². The van der Waals surface area contributed by atoms with Gasteiger partial charge in [0, 0.05) is 16.3 Å². The maximum absolute atomic E-state index is 13.9. The van der Waals surface area contributed by atoms with E-state index in [0.717, 1.165) is 0 Å². The Morgan fingerprint density at radius 2 is 1.50 bits per heavy atom. The molecule has 6 aromatic rings. The summed E-state index contributed by atoms with van der Waals surface area (Å²) >= 11 is 2.71. The summed E-state index contributed by atoms with van der Waals surface area (Å²) in [6.45, 7) is 6.99. The predicted octanol–water partition coefficient (Wildman–Crippen LogP) is 6.04. The number of amides is 3. The van der Waals surface area contributed by atoms with Gasteiger partial charge < -0.3 is 29.2 Å². The maximum atomic E-state index is 13.9. The first-order valence-electron chi connectivity index (χ1n) is 15.7. The fourth-order valence-corrected chi connectivity index (χ4v) is 6.68. The summed E-state index contributed by atoms with van der Waals surface area (Å²) in [6, 6.07) is 7.10. The zero-order chi connectivity index (χ0) is 34.9. The van der Waals surface area contributed by atoms with Crippen molar-refractivity contribution >= 4 is 46.1 Å². The second kappa shape index (κ2) is 13.6. The number of nitrogens with one attached hydrogen (secondary N) is 3. The standard InChI is InChI=1S/C34H30N8O6S2/c1-5-16(3)24-28(44)35-17(4)27(43)36-19(6-2)30-37-20(12-46-30)31-38-21(13-47-31)33-40-23(15-50-33)34-39-22(14-49-34)32-42-25(29(45)41-24)26(48-32)18-10-8-7-9-11-18/h6-17,24H,5H2,1-4H3,(H,35,44)(H,36,43)(H,41,45)/b19-6-/t16-,17-,24+/m0/s1. The van der Waals surface area contributed by atoms with Gasteiger partial charge in [-0.15, -0.1) is 22.7 Å². The highest BCUT2D eigenvalue weighted by atomic mass is 32.1. The van der Waals surface area contributed by atoms with Crippen molar-refractivity contribution in [1.82, 2.24) is 40.9 Å². The Balaban J connectivity index is 1.31. The minimum atomic E-state index is -0.997. The van der Waals surface area contributed by atoms with E-state index < -0.39 is 29.8 Å². The molecule has 0 fully saturated rings. The molecular formula is C34H30N8O6S2. The van der Waals surface area contributed by atoms with Gasteiger partial charge in [-0.2, -0.15) is 0 Å². The van der Waals surface area contributed by atoms with Gasteiger partial charge in [0.05, 0.1) is 5.70 Å². The SMILES string of the molecule is C/C=C1\NC(=O)[C@H](C)NC(=O)[C@@H]([C@@H](C)CC)NC(=O)c2nc(oc2-c2ccccc2)-c2csc(n2)-c2csc(n2)-c2coc(n2)-c2coc1n2. The number of oxazole rings is 3. The number of fused-ring (bicyclic) bond motifs is 14. The van der Waals surface area contributed by atoms with Crippen LogP contribution in [0.1, 0.15) is 50.5 Å². The molecule has 3 atom stereocenters. The molecule has 0 aliphatic carbocycles. The molecule has 3 N–H and O–H groups in total. The third-order valence-corrected chi connectivity index (χ3v) is 9.81. The molecule has 50 heavy (non-hydrogen) atoms. The first-order chi connectivity index (χ1) is 24.2. The van der Waals surface area contributed by atoms with Gasteiger partial charge >= 0.3 is 0 Å². The number of thiazole rings is 2. The molecule has 254 valence electrons. The van der Waals surface area contributed by atoms with Gasteiger partial charge in [-0.3, -0.25) is 14.4 Å². The first kappa shape index (κ1) is 32.8.